The number of nitrogens with one attached hydrogen (secondary N) is 1. The second-order valence-corrected chi connectivity index (χ2v) is 6.56. The smallest absolute Gasteiger partial charge is 0.395 e. The predicted octanol–water partition coefficient (Wildman–Crippen LogP) is 3.15. The summed E-state index contributed by atoms with van der Waals surface area (Å²) in [5.41, 5.74) is -2.70. The molecular formula is C16H17F5N2O3. The molecule has 1 N–H and O–H groups in total. The highest BCUT2D eigenvalue weighted by molar-refractivity contribution is 5.77. The first-order chi connectivity index (χ1) is 12.2. The van der Waals surface area contributed by atoms with E-state index in [1.165, 1.54) is 18.2 Å². The summed E-state index contributed by atoms with van der Waals surface area (Å²) in [4.78, 5) is 15.9. The molecule has 1 unspecified atom stereocenters. The molecule has 10 heteroatoms. The number of carbonyl (C=O) groups is 1. The van der Waals surface area contributed by atoms with Gasteiger partial charge >= 0.3 is 12.8 Å². The van der Waals surface area contributed by atoms with Crippen molar-refractivity contribution in [3.8, 4) is 5.88 Å². The minimum absolute atomic E-state index is 0.0554. The van der Waals surface area contributed by atoms with E-state index in [1.807, 2.05) is 0 Å². The molecule has 1 atom stereocenters. The number of hydrogen-bond acceptors (Lipinski definition) is 4. The first-order valence-electron chi connectivity index (χ1n) is 8.06. The van der Waals surface area contributed by atoms with Crippen molar-refractivity contribution in [2.24, 2.45) is 5.41 Å². The number of amides is 1. The van der Waals surface area contributed by atoms with Crippen molar-refractivity contribution < 1.29 is 36.2 Å². The second-order valence-electron chi connectivity index (χ2n) is 6.56. The molecule has 26 heavy (non-hydrogen) atoms. The molecule has 1 saturated heterocycles. The van der Waals surface area contributed by atoms with Crippen LogP contribution in [0.25, 0.3) is 0 Å². The molecular weight excluding hydrogens is 363 g/mol. The molecule has 3 rings (SSSR count). The molecule has 1 aromatic heterocycles. The molecule has 0 radical (unpaired) electrons. The molecule has 2 fully saturated rings. The average Bonchev–Trinajstić information content (AvgIpc) is 3.26. The average molecular weight is 380 g/mol. The van der Waals surface area contributed by atoms with Crippen molar-refractivity contribution in [2.75, 3.05) is 13.2 Å². The third-order valence-electron chi connectivity index (χ3n) is 4.81. The van der Waals surface area contributed by atoms with Crippen molar-refractivity contribution >= 4 is 5.91 Å². The number of nitrogens with zero attached hydrogens (tertiary/aromatic N) is 1. The molecule has 1 aliphatic carbocycles. The van der Waals surface area contributed by atoms with Gasteiger partial charge in [0.05, 0.1) is 24.3 Å². The standard InChI is InChI=1S/C16H17F5N2O3/c17-13(18)26-12-3-1-2-10(23-12)15(6-7-25-15)9-22-11(24)8-14(4-5-14)16(19,20)21/h1-3,13H,4-9H2,(H,22,24). The Morgan fingerprint density at radius 1 is 1.31 bits per heavy atom. The van der Waals surface area contributed by atoms with E-state index in [9.17, 15) is 26.7 Å². The van der Waals surface area contributed by atoms with Crippen LogP contribution in [-0.4, -0.2) is 36.8 Å². The zero-order valence-corrected chi connectivity index (χ0v) is 13.6. The molecule has 2 heterocycles. The molecule has 0 aromatic carbocycles. The number of alkyl halides is 5. The summed E-state index contributed by atoms with van der Waals surface area (Å²) in [6, 6.07) is 4.23. The molecule has 0 bridgehead atoms. The van der Waals surface area contributed by atoms with Crippen LogP contribution in [0.1, 0.15) is 31.4 Å². The lowest BCUT2D eigenvalue weighted by Crippen LogP contribution is -2.51. The van der Waals surface area contributed by atoms with Gasteiger partial charge in [0.15, 0.2) is 0 Å². The van der Waals surface area contributed by atoms with Gasteiger partial charge in [-0.3, -0.25) is 4.79 Å². The van der Waals surface area contributed by atoms with Crippen molar-refractivity contribution in [2.45, 2.75) is 44.1 Å². The van der Waals surface area contributed by atoms with Gasteiger partial charge in [0, 0.05) is 18.9 Å². The van der Waals surface area contributed by atoms with Gasteiger partial charge in [-0.25, -0.2) is 4.98 Å². The van der Waals surface area contributed by atoms with Gasteiger partial charge in [-0.1, -0.05) is 6.07 Å². The number of rotatable bonds is 7. The van der Waals surface area contributed by atoms with Gasteiger partial charge in [-0.2, -0.15) is 22.0 Å². The van der Waals surface area contributed by atoms with E-state index >= 15 is 0 Å². The topological polar surface area (TPSA) is 60.5 Å². The zero-order chi connectivity index (χ0) is 19.0. The highest BCUT2D eigenvalue weighted by Crippen LogP contribution is 2.59. The number of aromatic nitrogens is 1. The van der Waals surface area contributed by atoms with Gasteiger partial charge in [0.25, 0.3) is 0 Å². The maximum atomic E-state index is 12.9. The molecule has 2 aliphatic rings. The lowest BCUT2D eigenvalue weighted by molar-refractivity contribution is -0.191. The normalized spacial score (nSPS) is 24.1. The lowest BCUT2D eigenvalue weighted by Gasteiger charge is -2.41. The first kappa shape index (κ1) is 18.8. The number of ether oxygens (including phenoxy) is 2. The van der Waals surface area contributed by atoms with Gasteiger partial charge < -0.3 is 14.8 Å². The first-order valence-corrected chi connectivity index (χ1v) is 8.06. The van der Waals surface area contributed by atoms with E-state index in [0.29, 0.717) is 13.0 Å². The van der Waals surface area contributed by atoms with Crippen LogP contribution >= 0.6 is 0 Å². The fourth-order valence-electron chi connectivity index (χ4n) is 2.93. The fourth-order valence-corrected chi connectivity index (χ4v) is 2.93. The molecule has 1 aliphatic heterocycles. The molecule has 1 aromatic rings. The minimum atomic E-state index is -4.41. The van der Waals surface area contributed by atoms with Crippen LogP contribution in [0.5, 0.6) is 5.88 Å². The zero-order valence-electron chi connectivity index (χ0n) is 13.6. The highest BCUT2D eigenvalue weighted by Gasteiger charge is 2.63. The highest BCUT2D eigenvalue weighted by atomic mass is 19.4. The Bertz CT molecular complexity index is 672. The summed E-state index contributed by atoms with van der Waals surface area (Å²) in [6.45, 7) is -2.76. The summed E-state index contributed by atoms with van der Waals surface area (Å²) in [7, 11) is 0. The molecule has 5 nitrogen and oxygen atoms in total. The number of halogens is 5. The maximum absolute atomic E-state index is 12.9. The Morgan fingerprint density at radius 3 is 2.50 bits per heavy atom. The van der Waals surface area contributed by atoms with Crippen LogP contribution in [0.3, 0.4) is 0 Å². The van der Waals surface area contributed by atoms with E-state index < -0.39 is 36.1 Å². The third kappa shape index (κ3) is 3.74. The summed E-state index contributed by atoms with van der Waals surface area (Å²) in [5, 5.41) is 2.46. The lowest BCUT2D eigenvalue weighted by atomic mass is 9.90. The van der Waals surface area contributed by atoms with Gasteiger partial charge in [0.2, 0.25) is 11.8 Å². The predicted molar refractivity (Wildman–Crippen MR) is 78.5 cm³/mol. The molecule has 1 saturated carbocycles. The van der Waals surface area contributed by atoms with Crippen LogP contribution in [0.15, 0.2) is 18.2 Å². The van der Waals surface area contributed by atoms with Crippen molar-refractivity contribution in [1.29, 1.82) is 0 Å². The van der Waals surface area contributed by atoms with E-state index in [2.05, 4.69) is 15.0 Å². The second kappa shape index (κ2) is 6.64. The Labute approximate surface area is 145 Å². The molecule has 144 valence electrons. The van der Waals surface area contributed by atoms with E-state index in [1.54, 1.807) is 0 Å². The fraction of sp³-hybridized carbons (Fsp3) is 0.625. The van der Waals surface area contributed by atoms with E-state index in [-0.39, 0.29) is 31.0 Å². The van der Waals surface area contributed by atoms with E-state index in [4.69, 9.17) is 4.74 Å². The molecule has 0 spiro atoms. The largest absolute Gasteiger partial charge is 0.417 e. The van der Waals surface area contributed by atoms with Gasteiger partial charge in [0.1, 0.15) is 5.60 Å². The summed E-state index contributed by atoms with van der Waals surface area (Å²) in [6.07, 6.45) is -4.70. The van der Waals surface area contributed by atoms with Crippen molar-refractivity contribution in [3.63, 3.8) is 0 Å². The quantitative estimate of drug-likeness (QED) is 0.739. The maximum Gasteiger partial charge on any atom is 0.395 e. The summed E-state index contributed by atoms with van der Waals surface area (Å²) < 4.78 is 73.2. The Morgan fingerprint density at radius 2 is 2.00 bits per heavy atom. The number of pyridine rings is 1. The van der Waals surface area contributed by atoms with Crippen LogP contribution < -0.4 is 10.1 Å². The van der Waals surface area contributed by atoms with E-state index in [0.717, 1.165) is 0 Å². The Balaban J connectivity index is 1.63. The van der Waals surface area contributed by atoms with Gasteiger partial charge in [-0.05, 0) is 18.9 Å². The molecule has 1 amide bonds. The minimum Gasteiger partial charge on any atom is -0.417 e. The van der Waals surface area contributed by atoms with Crippen LogP contribution in [-0.2, 0) is 15.1 Å². The van der Waals surface area contributed by atoms with Gasteiger partial charge in [-0.15, -0.1) is 0 Å². The third-order valence-corrected chi connectivity index (χ3v) is 4.81. The number of hydrogen-bond donors (Lipinski definition) is 1. The van der Waals surface area contributed by atoms with Crippen molar-refractivity contribution in [1.82, 2.24) is 10.3 Å². The van der Waals surface area contributed by atoms with Crippen LogP contribution in [0.4, 0.5) is 22.0 Å². The van der Waals surface area contributed by atoms with Crippen molar-refractivity contribution in [3.05, 3.63) is 23.9 Å². The van der Waals surface area contributed by atoms with Crippen LogP contribution in [0.2, 0.25) is 0 Å². The summed E-state index contributed by atoms with van der Waals surface area (Å²) >= 11 is 0. The van der Waals surface area contributed by atoms with Crippen LogP contribution in [0, 0.1) is 5.41 Å². The Hall–Kier alpha value is -1.97. The Kier molecular flexibility index (Phi) is 4.80. The summed E-state index contributed by atoms with van der Waals surface area (Å²) in [5.74, 6) is -1.03. The SMILES string of the molecule is O=C(CC1(C(F)(F)F)CC1)NCC1(c2cccc(OC(F)F)n2)CCO1. The number of carbonyl (C=O) groups excluding carboxylic acids is 1. The monoisotopic (exact) mass is 380 g/mol.